The minimum Gasteiger partial charge on any atom is -0.467 e. The topological polar surface area (TPSA) is 145 Å². The molecule has 0 spiro atoms. The molecule has 1 aromatic rings. The summed E-state index contributed by atoms with van der Waals surface area (Å²) < 4.78 is 9.96. The second-order valence-electron chi connectivity index (χ2n) is 8.20. The maximum atomic E-state index is 12.6. The number of carbonyl (C=O) groups excluding carboxylic acids is 4. The van der Waals surface area contributed by atoms with Crippen LogP contribution in [0.1, 0.15) is 37.7 Å². The molecule has 3 atom stereocenters. The first-order valence-electron chi connectivity index (χ1n) is 11.1. The number of benzene rings is 1. The fourth-order valence-corrected chi connectivity index (χ4v) is 3.74. The zero-order valence-electron chi connectivity index (χ0n) is 19.3. The first-order chi connectivity index (χ1) is 15.7. The van der Waals surface area contributed by atoms with Crippen molar-refractivity contribution in [3.05, 3.63) is 35.9 Å². The van der Waals surface area contributed by atoms with E-state index in [9.17, 15) is 19.2 Å². The molecular weight excluding hydrogens is 428 g/mol. The lowest BCUT2D eigenvalue weighted by atomic mass is 10.1. The molecule has 0 saturated carbocycles. The van der Waals surface area contributed by atoms with Gasteiger partial charge in [-0.2, -0.15) is 0 Å². The predicted octanol–water partition coefficient (Wildman–Crippen LogP) is 0.177. The van der Waals surface area contributed by atoms with Gasteiger partial charge in [0.15, 0.2) is 0 Å². The number of nitrogens with two attached hydrogens (primary N) is 2. The minimum atomic E-state index is -0.828. The van der Waals surface area contributed by atoms with Crippen LogP contribution in [0.4, 0.5) is 0 Å². The Labute approximate surface area is 194 Å². The molecule has 1 aliphatic rings. The molecule has 1 aliphatic heterocycles. The molecule has 182 valence electrons. The first kappa shape index (κ1) is 26.3. The quantitative estimate of drug-likeness (QED) is 0.443. The van der Waals surface area contributed by atoms with Gasteiger partial charge in [0, 0.05) is 13.6 Å². The standard InChI is InChI=1S/C23H34N4O6/c1-26(14-20(28)27-13-7-12-19(27)23(31)32-2)21(29)17(24)10-6-11-18(25)22(30)33-15-16-8-4-3-5-9-16/h3-5,8-9,17-19H,6-7,10-15,24-25H2,1-2H3/t17-,18?,19-/m0/s1. The second-order valence-corrected chi connectivity index (χ2v) is 8.20. The molecule has 1 fully saturated rings. The average molecular weight is 463 g/mol. The van der Waals surface area contributed by atoms with E-state index in [1.165, 1.54) is 24.0 Å². The molecule has 10 heteroatoms. The number of amides is 2. The molecule has 1 heterocycles. The fourth-order valence-electron chi connectivity index (χ4n) is 3.74. The van der Waals surface area contributed by atoms with Gasteiger partial charge < -0.3 is 30.7 Å². The van der Waals surface area contributed by atoms with Crippen molar-refractivity contribution in [1.82, 2.24) is 9.80 Å². The van der Waals surface area contributed by atoms with Gasteiger partial charge in [0.05, 0.1) is 19.7 Å². The van der Waals surface area contributed by atoms with Crippen molar-refractivity contribution >= 4 is 23.8 Å². The lowest BCUT2D eigenvalue weighted by Crippen LogP contribution is -2.49. The van der Waals surface area contributed by atoms with Crippen LogP contribution in [0.25, 0.3) is 0 Å². The Morgan fingerprint density at radius 3 is 2.45 bits per heavy atom. The number of hydrogen-bond donors (Lipinski definition) is 2. The Bertz CT molecular complexity index is 818. The summed E-state index contributed by atoms with van der Waals surface area (Å²) in [5.41, 5.74) is 12.8. The van der Waals surface area contributed by atoms with Crippen LogP contribution in [0.15, 0.2) is 30.3 Å². The highest BCUT2D eigenvalue weighted by atomic mass is 16.5. The molecule has 1 aromatic carbocycles. The summed E-state index contributed by atoms with van der Waals surface area (Å²) in [6, 6.07) is 7.05. The van der Waals surface area contributed by atoms with Crippen molar-refractivity contribution in [2.24, 2.45) is 11.5 Å². The van der Waals surface area contributed by atoms with E-state index in [-0.39, 0.29) is 19.1 Å². The van der Waals surface area contributed by atoms with Crippen LogP contribution >= 0.6 is 0 Å². The zero-order valence-corrected chi connectivity index (χ0v) is 19.3. The van der Waals surface area contributed by atoms with Crippen LogP contribution in [-0.4, -0.2) is 78.9 Å². The molecule has 10 nitrogen and oxygen atoms in total. The second kappa shape index (κ2) is 12.9. The molecule has 2 rings (SSSR count). The summed E-state index contributed by atoms with van der Waals surface area (Å²) in [4.78, 5) is 51.7. The maximum Gasteiger partial charge on any atom is 0.328 e. The smallest absolute Gasteiger partial charge is 0.328 e. The highest BCUT2D eigenvalue weighted by Gasteiger charge is 2.35. The third-order valence-electron chi connectivity index (χ3n) is 5.67. The Morgan fingerprint density at radius 1 is 1.12 bits per heavy atom. The number of nitrogens with zero attached hydrogens (tertiary/aromatic N) is 2. The molecule has 0 aromatic heterocycles. The zero-order chi connectivity index (χ0) is 24.4. The van der Waals surface area contributed by atoms with Crippen LogP contribution in [0.2, 0.25) is 0 Å². The molecule has 1 unspecified atom stereocenters. The van der Waals surface area contributed by atoms with E-state index in [2.05, 4.69) is 0 Å². The maximum absolute atomic E-state index is 12.6. The molecule has 33 heavy (non-hydrogen) atoms. The summed E-state index contributed by atoms with van der Waals surface area (Å²) >= 11 is 0. The highest BCUT2D eigenvalue weighted by molar-refractivity contribution is 5.90. The Balaban J connectivity index is 1.71. The molecular formula is C23H34N4O6. The number of rotatable bonds is 11. The van der Waals surface area contributed by atoms with Crippen molar-refractivity contribution in [3.8, 4) is 0 Å². The van der Waals surface area contributed by atoms with Gasteiger partial charge in [-0.25, -0.2) is 4.79 Å². The summed E-state index contributed by atoms with van der Waals surface area (Å²) in [6.07, 6.45) is 2.34. The molecule has 2 amide bonds. The van der Waals surface area contributed by atoms with Gasteiger partial charge >= 0.3 is 11.9 Å². The minimum absolute atomic E-state index is 0.151. The Morgan fingerprint density at radius 2 is 1.79 bits per heavy atom. The van der Waals surface area contributed by atoms with Gasteiger partial charge in [-0.05, 0) is 37.7 Å². The molecule has 0 bridgehead atoms. The van der Waals surface area contributed by atoms with Crippen molar-refractivity contribution in [3.63, 3.8) is 0 Å². The predicted molar refractivity (Wildman–Crippen MR) is 120 cm³/mol. The summed E-state index contributed by atoms with van der Waals surface area (Å²) in [5, 5.41) is 0. The van der Waals surface area contributed by atoms with Crippen LogP contribution < -0.4 is 11.5 Å². The van der Waals surface area contributed by atoms with Gasteiger partial charge in [0.1, 0.15) is 18.7 Å². The van der Waals surface area contributed by atoms with Crippen LogP contribution in [0.3, 0.4) is 0 Å². The van der Waals surface area contributed by atoms with E-state index >= 15 is 0 Å². The van der Waals surface area contributed by atoms with Crippen LogP contribution in [0.5, 0.6) is 0 Å². The third-order valence-corrected chi connectivity index (χ3v) is 5.67. The van der Waals surface area contributed by atoms with Gasteiger partial charge in [0.25, 0.3) is 0 Å². The SMILES string of the molecule is COC(=O)[C@@H]1CCCN1C(=O)CN(C)C(=O)[C@@H](N)CCCC(N)C(=O)OCc1ccccc1. The van der Waals surface area contributed by atoms with Crippen molar-refractivity contribution < 1.29 is 28.7 Å². The summed E-state index contributed by atoms with van der Waals surface area (Å²) in [6.45, 7) is 0.425. The lowest BCUT2D eigenvalue weighted by Gasteiger charge is -2.26. The molecule has 4 N–H and O–H groups in total. The van der Waals surface area contributed by atoms with Crippen molar-refractivity contribution in [1.29, 1.82) is 0 Å². The van der Waals surface area contributed by atoms with E-state index in [1.54, 1.807) is 0 Å². The molecule has 0 aliphatic carbocycles. The molecule has 1 saturated heterocycles. The number of ether oxygens (including phenoxy) is 2. The third kappa shape index (κ3) is 7.83. The van der Waals surface area contributed by atoms with E-state index < -0.39 is 36.0 Å². The number of carbonyl (C=O) groups is 4. The van der Waals surface area contributed by atoms with Gasteiger partial charge in [-0.15, -0.1) is 0 Å². The number of esters is 2. The normalized spacial score (nSPS) is 17.2. The monoisotopic (exact) mass is 462 g/mol. The van der Waals surface area contributed by atoms with Gasteiger partial charge in [-0.3, -0.25) is 14.4 Å². The number of methoxy groups -OCH3 is 1. The fraction of sp³-hybridized carbons (Fsp3) is 0.565. The first-order valence-corrected chi connectivity index (χ1v) is 11.1. The Kier molecular flexibility index (Phi) is 10.3. The van der Waals surface area contributed by atoms with E-state index in [0.717, 1.165) is 5.56 Å². The Hall–Kier alpha value is -2.98. The van der Waals surface area contributed by atoms with Gasteiger partial charge in [-0.1, -0.05) is 30.3 Å². The molecule has 0 radical (unpaired) electrons. The summed E-state index contributed by atoms with van der Waals surface area (Å²) in [5.74, 6) is -1.68. The van der Waals surface area contributed by atoms with Crippen molar-refractivity contribution in [2.45, 2.75) is 56.8 Å². The lowest BCUT2D eigenvalue weighted by molar-refractivity contribution is -0.151. The van der Waals surface area contributed by atoms with Crippen LogP contribution in [-0.2, 0) is 35.3 Å². The number of likely N-dealkylation sites (N-methyl/N-ethyl adjacent to an activating group) is 1. The number of hydrogen-bond acceptors (Lipinski definition) is 8. The van der Waals surface area contributed by atoms with E-state index in [4.69, 9.17) is 20.9 Å². The van der Waals surface area contributed by atoms with Crippen molar-refractivity contribution in [2.75, 3.05) is 27.2 Å². The largest absolute Gasteiger partial charge is 0.467 e. The summed E-state index contributed by atoms with van der Waals surface area (Å²) in [7, 11) is 2.78. The number of likely N-dealkylation sites (tertiary alicyclic amines) is 1. The van der Waals surface area contributed by atoms with E-state index in [1.807, 2.05) is 30.3 Å². The van der Waals surface area contributed by atoms with Crippen LogP contribution in [0, 0.1) is 0 Å². The van der Waals surface area contributed by atoms with Gasteiger partial charge in [0.2, 0.25) is 11.8 Å². The van der Waals surface area contributed by atoms with E-state index in [0.29, 0.717) is 38.6 Å². The average Bonchev–Trinajstić information content (AvgIpc) is 3.32. The highest BCUT2D eigenvalue weighted by Crippen LogP contribution is 2.19.